The third-order valence-electron chi connectivity index (χ3n) is 6.48. The monoisotopic (exact) mass is 539 g/mol. The Kier molecular flexibility index (Phi) is 10.8. The van der Waals surface area contributed by atoms with Crippen LogP contribution in [0.25, 0.3) is 0 Å². The fraction of sp³-hybridized carbons (Fsp3) is 0.393. The molecule has 11 heteroatoms. The molecule has 0 aliphatic carbocycles. The highest BCUT2D eigenvalue weighted by atomic mass is 16.5. The predicted octanol–water partition coefficient (Wildman–Crippen LogP) is 2.64. The third kappa shape index (κ3) is 8.84. The number of carbonyl (C=O) groups is 5. The number of nitrogens with one attached hydrogen (secondary N) is 1. The van der Waals surface area contributed by atoms with Gasteiger partial charge in [-0.2, -0.15) is 0 Å². The van der Waals surface area contributed by atoms with E-state index in [1.54, 1.807) is 42.5 Å². The molecule has 1 aliphatic heterocycles. The zero-order chi connectivity index (χ0) is 28.2. The predicted molar refractivity (Wildman–Crippen MR) is 139 cm³/mol. The van der Waals surface area contributed by atoms with Gasteiger partial charge in [0.15, 0.2) is 0 Å². The van der Waals surface area contributed by atoms with Crippen molar-refractivity contribution in [1.82, 2.24) is 15.1 Å². The Morgan fingerprint density at radius 2 is 1.59 bits per heavy atom. The lowest BCUT2D eigenvalue weighted by Crippen LogP contribution is -2.57. The smallest absolute Gasteiger partial charge is 0.407 e. The quantitative estimate of drug-likeness (QED) is 0.372. The van der Waals surface area contributed by atoms with Crippen molar-refractivity contribution in [1.29, 1.82) is 0 Å². The molecule has 2 aromatic carbocycles. The Morgan fingerprint density at radius 3 is 2.21 bits per heavy atom. The second-order valence-corrected chi connectivity index (χ2v) is 9.25. The molecule has 0 bridgehead atoms. The summed E-state index contributed by atoms with van der Waals surface area (Å²) in [6.07, 6.45) is 0.126. The third-order valence-corrected chi connectivity index (χ3v) is 6.48. The number of alkyl carbamates (subject to hydrolysis) is 1. The molecule has 1 unspecified atom stereocenters. The lowest BCUT2D eigenvalue weighted by molar-refractivity contribution is -0.157. The standard InChI is InChI=1S/C28H33N3O8/c32-24(17-29-28(38)39-19-21-11-5-2-6-12-21)30-16-8-7-13-22(30)26(35)31(18-20-9-3-1-4-10-20)23(27(36)37)14-15-25(33)34/h1-6,9-12,22-23H,7-8,13-19H2,(H,29,38)(H,33,34)(H,36,37)/t22?,23-/m0/s1. The number of likely N-dealkylation sites (tertiary alicyclic amines) is 1. The average Bonchev–Trinajstić information content (AvgIpc) is 2.94. The fourth-order valence-electron chi connectivity index (χ4n) is 4.50. The normalized spacial score (nSPS) is 15.6. The molecule has 1 saturated heterocycles. The largest absolute Gasteiger partial charge is 0.481 e. The SMILES string of the molecule is O=C(O)CC[C@@H](C(=O)O)N(Cc1ccccc1)C(=O)C1CCCCN1C(=O)CNC(=O)OCc1ccccc1. The van der Waals surface area contributed by atoms with Crippen LogP contribution in [0.2, 0.25) is 0 Å². The van der Waals surface area contributed by atoms with E-state index in [-0.39, 0.29) is 26.1 Å². The molecule has 0 spiro atoms. The highest BCUT2D eigenvalue weighted by Crippen LogP contribution is 2.23. The number of nitrogens with zero attached hydrogens (tertiary/aromatic N) is 2. The topological polar surface area (TPSA) is 154 Å². The minimum absolute atomic E-state index is 0.0348. The average molecular weight is 540 g/mol. The number of hydrogen-bond acceptors (Lipinski definition) is 6. The number of benzene rings is 2. The Bertz CT molecular complexity index is 1140. The second kappa shape index (κ2) is 14.5. The van der Waals surface area contributed by atoms with Crippen LogP contribution in [0.15, 0.2) is 60.7 Å². The molecule has 0 aromatic heterocycles. The lowest BCUT2D eigenvalue weighted by Gasteiger charge is -2.39. The van der Waals surface area contributed by atoms with Gasteiger partial charge in [-0.15, -0.1) is 0 Å². The Morgan fingerprint density at radius 1 is 0.949 bits per heavy atom. The highest BCUT2D eigenvalue weighted by molar-refractivity contribution is 5.92. The maximum atomic E-state index is 13.8. The first-order valence-corrected chi connectivity index (χ1v) is 12.8. The summed E-state index contributed by atoms with van der Waals surface area (Å²) in [7, 11) is 0. The van der Waals surface area contributed by atoms with E-state index in [0.29, 0.717) is 24.8 Å². The van der Waals surface area contributed by atoms with Crippen molar-refractivity contribution in [2.75, 3.05) is 13.1 Å². The zero-order valence-electron chi connectivity index (χ0n) is 21.5. The first-order valence-electron chi connectivity index (χ1n) is 12.8. The van der Waals surface area contributed by atoms with E-state index < -0.39 is 54.9 Å². The summed E-state index contributed by atoms with van der Waals surface area (Å²) < 4.78 is 5.14. The van der Waals surface area contributed by atoms with Gasteiger partial charge in [-0.25, -0.2) is 9.59 Å². The minimum atomic E-state index is -1.39. The van der Waals surface area contributed by atoms with Crippen LogP contribution in [0.1, 0.15) is 43.2 Å². The van der Waals surface area contributed by atoms with Crippen molar-refractivity contribution in [2.45, 2.75) is 57.3 Å². The van der Waals surface area contributed by atoms with Gasteiger partial charge in [0, 0.05) is 19.5 Å². The van der Waals surface area contributed by atoms with Crippen LogP contribution in [0, 0.1) is 0 Å². The van der Waals surface area contributed by atoms with E-state index >= 15 is 0 Å². The summed E-state index contributed by atoms with van der Waals surface area (Å²) in [5, 5.41) is 21.5. The van der Waals surface area contributed by atoms with Crippen LogP contribution in [0.4, 0.5) is 4.79 Å². The molecule has 2 aromatic rings. The Labute approximate surface area is 226 Å². The number of piperidine rings is 1. The van der Waals surface area contributed by atoms with Gasteiger partial charge in [-0.1, -0.05) is 60.7 Å². The van der Waals surface area contributed by atoms with E-state index in [1.165, 1.54) is 4.90 Å². The van der Waals surface area contributed by atoms with E-state index in [9.17, 15) is 29.1 Å². The summed E-state index contributed by atoms with van der Waals surface area (Å²) in [6.45, 7) is -0.147. The molecule has 1 fully saturated rings. The number of amides is 3. The number of carbonyl (C=O) groups excluding carboxylic acids is 3. The summed E-state index contributed by atoms with van der Waals surface area (Å²) >= 11 is 0. The van der Waals surface area contributed by atoms with Gasteiger partial charge in [-0.3, -0.25) is 14.4 Å². The van der Waals surface area contributed by atoms with Crippen molar-refractivity contribution < 1.29 is 38.9 Å². The van der Waals surface area contributed by atoms with Gasteiger partial charge in [0.2, 0.25) is 11.8 Å². The molecule has 3 amide bonds. The number of aliphatic carboxylic acids is 2. The van der Waals surface area contributed by atoms with Gasteiger partial charge in [0.05, 0.1) is 0 Å². The van der Waals surface area contributed by atoms with Crippen LogP contribution in [-0.2, 0) is 37.1 Å². The number of ether oxygens (including phenoxy) is 1. The Balaban J connectivity index is 1.71. The van der Waals surface area contributed by atoms with E-state index in [1.807, 2.05) is 18.2 Å². The molecule has 0 saturated carbocycles. The van der Waals surface area contributed by atoms with Crippen LogP contribution in [0.5, 0.6) is 0 Å². The zero-order valence-corrected chi connectivity index (χ0v) is 21.5. The molecule has 3 rings (SSSR count). The van der Waals surface area contributed by atoms with Gasteiger partial charge in [0.25, 0.3) is 0 Å². The van der Waals surface area contributed by atoms with Gasteiger partial charge < -0.3 is 30.1 Å². The maximum absolute atomic E-state index is 13.8. The first kappa shape index (κ1) is 29.2. The molecule has 0 radical (unpaired) electrons. The van der Waals surface area contributed by atoms with Crippen LogP contribution < -0.4 is 5.32 Å². The van der Waals surface area contributed by atoms with Crippen molar-refractivity contribution >= 4 is 29.8 Å². The van der Waals surface area contributed by atoms with Crippen LogP contribution in [-0.4, -0.2) is 75.0 Å². The molecule has 39 heavy (non-hydrogen) atoms. The number of hydrogen-bond donors (Lipinski definition) is 3. The fourth-order valence-corrected chi connectivity index (χ4v) is 4.50. The lowest BCUT2D eigenvalue weighted by atomic mass is 9.98. The first-order chi connectivity index (χ1) is 18.8. The minimum Gasteiger partial charge on any atom is -0.481 e. The number of carboxylic acid groups (broad SMARTS) is 2. The summed E-state index contributed by atoms with van der Waals surface area (Å²) in [5.41, 5.74) is 1.46. The molecule has 1 heterocycles. The Hall–Kier alpha value is -4.41. The van der Waals surface area contributed by atoms with Crippen molar-refractivity contribution in [3.63, 3.8) is 0 Å². The molecule has 1 aliphatic rings. The van der Waals surface area contributed by atoms with Gasteiger partial charge >= 0.3 is 18.0 Å². The van der Waals surface area contributed by atoms with E-state index in [2.05, 4.69) is 5.32 Å². The molecule has 2 atom stereocenters. The molecular formula is C28H33N3O8. The van der Waals surface area contributed by atoms with Crippen molar-refractivity contribution in [2.24, 2.45) is 0 Å². The second-order valence-electron chi connectivity index (χ2n) is 9.25. The van der Waals surface area contributed by atoms with Crippen LogP contribution >= 0.6 is 0 Å². The number of carboxylic acids is 2. The van der Waals surface area contributed by atoms with Crippen molar-refractivity contribution in [3.8, 4) is 0 Å². The van der Waals surface area contributed by atoms with Gasteiger partial charge in [0.1, 0.15) is 25.2 Å². The summed E-state index contributed by atoms with van der Waals surface area (Å²) in [6, 6.07) is 15.5. The van der Waals surface area contributed by atoms with E-state index in [4.69, 9.17) is 9.84 Å². The van der Waals surface area contributed by atoms with Crippen molar-refractivity contribution in [3.05, 3.63) is 71.8 Å². The molecule has 11 nitrogen and oxygen atoms in total. The van der Waals surface area contributed by atoms with Crippen LogP contribution in [0.3, 0.4) is 0 Å². The van der Waals surface area contributed by atoms with Gasteiger partial charge in [-0.05, 0) is 36.8 Å². The summed E-state index contributed by atoms with van der Waals surface area (Å²) in [4.78, 5) is 64.9. The highest BCUT2D eigenvalue weighted by Gasteiger charge is 2.39. The molecule has 208 valence electrons. The molecule has 3 N–H and O–H groups in total. The van der Waals surface area contributed by atoms with E-state index in [0.717, 1.165) is 10.5 Å². The molecular weight excluding hydrogens is 506 g/mol. The maximum Gasteiger partial charge on any atom is 0.407 e. The summed E-state index contributed by atoms with van der Waals surface area (Å²) in [5.74, 6) is -3.57. The number of rotatable bonds is 12.